The number of nitrogens with zero attached hydrogens (tertiary/aromatic N) is 1. The summed E-state index contributed by atoms with van der Waals surface area (Å²) in [5.41, 5.74) is 2.82. The minimum absolute atomic E-state index is 0.276. The van der Waals surface area contributed by atoms with Crippen LogP contribution < -0.4 is 5.32 Å². The second kappa shape index (κ2) is 6.58. The van der Waals surface area contributed by atoms with E-state index >= 15 is 0 Å². The van der Waals surface area contributed by atoms with Gasteiger partial charge in [-0.15, -0.1) is 11.3 Å². The van der Waals surface area contributed by atoms with Gasteiger partial charge in [0.25, 0.3) is 0 Å². The van der Waals surface area contributed by atoms with Crippen LogP contribution in [0.5, 0.6) is 0 Å². The maximum atomic E-state index is 13.0. The first-order valence-electron chi connectivity index (χ1n) is 6.82. The van der Waals surface area contributed by atoms with Gasteiger partial charge in [0.15, 0.2) is 5.13 Å². The molecular weight excluding hydrogens is 315 g/mol. The van der Waals surface area contributed by atoms with E-state index in [-0.39, 0.29) is 11.8 Å². The topological polar surface area (TPSA) is 51.2 Å². The number of aromatic nitrogens is 1. The third kappa shape index (κ3) is 3.54. The number of hydrogen-bond donors (Lipinski definition) is 1. The van der Waals surface area contributed by atoms with E-state index in [9.17, 15) is 9.18 Å². The molecule has 1 heterocycles. The van der Waals surface area contributed by atoms with Gasteiger partial charge in [0.2, 0.25) is 0 Å². The Morgan fingerprint density at radius 1 is 1.22 bits per heavy atom. The highest BCUT2D eigenvalue weighted by molar-refractivity contribution is 7.14. The molecule has 1 N–H and O–H groups in total. The smallest absolute Gasteiger partial charge is 0.337 e. The lowest BCUT2D eigenvalue weighted by molar-refractivity contribution is 0.0601. The normalized spacial score (nSPS) is 10.3. The summed E-state index contributed by atoms with van der Waals surface area (Å²) in [6.07, 6.45) is 0. The Kier molecular flexibility index (Phi) is 4.34. The Labute approximate surface area is 136 Å². The minimum atomic E-state index is -0.389. The number of nitrogens with one attached hydrogen (secondary N) is 1. The van der Waals surface area contributed by atoms with Gasteiger partial charge in [0.05, 0.1) is 18.4 Å². The van der Waals surface area contributed by atoms with E-state index in [4.69, 9.17) is 4.74 Å². The van der Waals surface area contributed by atoms with Crippen molar-refractivity contribution in [1.29, 1.82) is 0 Å². The highest BCUT2D eigenvalue weighted by atomic mass is 32.1. The number of anilines is 2. The molecule has 2 aromatic carbocycles. The van der Waals surface area contributed by atoms with Crippen LogP contribution in [0.2, 0.25) is 0 Å². The standard InChI is InChI=1S/C17H13FN2O2S/c1-22-16(21)12-3-2-4-14(9-12)19-17-20-15(10-23-17)11-5-7-13(18)8-6-11/h2-10H,1H3,(H,19,20). The van der Waals surface area contributed by atoms with Crippen LogP contribution in [0.25, 0.3) is 11.3 Å². The molecule has 0 radical (unpaired) electrons. The first-order chi connectivity index (χ1) is 11.2. The summed E-state index contributed by atoms with van der Waals surface area (Å²) in [5, 5.41) is 5.73. The summed E-state index contributed by atoms with van der Waals surface area (Å²) in [6.45, 7) is 0. The summed E-state index contributed by atoms with van der Waals surface area (Å²) in [6, 6.07) is 13.2. The molecule has 0 unspecified atom stereocenters. The summed E-state index contributed by atoms with van der Waals surface area (Å²) in [5.74, 6) is -0.665. The number of benzene rings is 2. The van der Waals surface area contributed by atoms with Crippen molar-refractivity contribution in [3.05, 3.63) is 65.3 Å². The minimum Gasteiger partial charge on any atom is -0.465 e. The molecule has 116 valence electrons. The number of esters is 1. The molecule has 0 aliphatic carbocycles. The lowest BCUT2D eigenvalue weighted by Crippen LogP contribution is -2.01. The highest BCUT2D eigenvalue weighted by Gasteiger charge is 2.08. The molecule has 0 aliphatic rings. The average molecular weight is 328 g/mol. The van der Waals surface area contributed by atoms with E-state index < -0.39 is 0 Å². The van der Waals surface area contributed by atoms with Crippen molar-refractivity contribution in [3.63, 3.8) is 0 Å². The number of halogens is 1. The van der Waals surface area contributed by atoms with E-state index in [2.05, 4.69) is 10.3 Å². The largest absolute Gasteiger partial charge is 0.465 e. The number of rotatable bonds is 4. The molecular formula is C17H13FN2O2S. The van der Waals surface area contributed by atoms with Crippen molar-refractivity contribution in [2.45, 2.75) is 0 Å². The number of thiazole rings is 1. The monoisotopic (exact) mass is 328 g/mol. The van der Waals surface area contributed by atoms with Crippen LogP contribution in [0.15, 0.2) is 53.9 Å². The third-order valence-electron chi connectivity index (χ3n) is 3.18. The van der Waals surface area contributed by atoms with Gasteiger partial charge >= 0.3 is 5.97 Å². The van der Waals surface area contributed by atoms with Gasteiger partial charge in [-0.2, -0.15) is 0 Å². The van der Waals surface area contributed by atoms with Gasteiger partial charge in [-0.3, -0.25) is 0 Å². The molecule has 0 spiro atoms. The fourth-order valence-corrected chi connectivity index (χ4v) is 2.79. The Balaban J connectivity index is 1.79. The third-order valence-corrected chi connectivity index (χ3v) is 3.94. The summed E-state index contributed by atoms with van der Waals surface area (Å²) < 4.78 is 17.7. The molecule has 0 saturated heterocycles. The first kappa shape index (κ1) is 15.2. The molecule has 3 rings (SSSR count). The van der Waals surface area contributed by atoms with Crippen LogP contribution in [-0.4, -0.2) is 18.1 Å². The molecule has 0 aliphatic heterocycles. The van der Waals surface area contributed by atoms with Crippen LogP contribution in [-0.2, 0) is 4.74 Å². The first-order valence-corrected chi connectivity index (χ1v) is 7.70. The predicted octanol–water partition coefficient (Wildman–Crippen LogP) is 4.48. The quantitative estimate of drug-likeness (QED) is 0.718. The summed E-state index contributed by atoms with van der Waals surface area (Å²) >= 11 is 1.43. The molecule has 1 aromatic heterocycles. The molecule has 0 bridgehead atoms. The van der Waals surface area contributed by atoms with Crippen molar-refractivity contribution in [2.24, 2.45) is 0 Å². The molecule has 6 heteroatoms. The molecule has 4 nitrogen and oxygen atoms in total. The fourth-order valence-electron chi connectivity index (χ4n) is 2.05. The zero-order valence-corrected chi connectivity index (χ0v) is 13.1. The van der Waals surface area contributed by atoms with Crippen LogP contribution >= 0.6 is 11.3 Å². The van der Waals surface area contributed by atoms with Crippen molar-refractivity contribution < 1.29 is 13.9 Å². The van der Waals surface area contributed by atoms with Crippen LogP contribution in [0, 0.1) is 5.82 Å². The number of hydrogen-bond acceptors (Lipinski definition) is 5. The highest BCUT2D eigenvalue weighted by Crippen LogP contribution is 2.27. The van der Waals surface area contributed by atoms with Crippen molar-refractivity contribution in [3.8, 4) is 11.3 Å². The number of carbonyl (C=O) groups excluding carboxylic acids is 1. The maximum absolute atomic E-state index is 13.0. The molecule has 0 amide bonds. The summed E-state index contributed by atoms with van der Waals surface area (Å²) in [4.78, 5) is 16.0. The summed E-state index contributed by atoms with van der Waals surface area (Å²) in [7, 11) is 1.35. The number of ether oxygens (including phenoxy) is 1. The van der Waals surface area contributed by atoms with E-state index in [0.717, 1.165) is 16.9 Å². The predicted molar refractivity (Wildman–Crippen MR) is 88.6 cm³/mol. The Hall–Kier alpha value is -2.73. The Morgan fingerprint density at radius 3 is 2.74 bits per heavy atom. The maximum Gasteiger partial charge on any atom is 0.337 e. The average Bonchev–Trinajstić information content (AvgIpc) is 3.03. The molecule has 0 fully saturated rings. The zero-order chi connectivity index (χ0) is 16.2. The zero-order valence-electron chi connectivity index (χ0n) is 12.2. The van der Waals surface area contributed by atoms with Crippen LogP contribution in [0.3, 0.4) is 0 Å². The van der Waals surface area contributed by atoms with Crippen LogP contribution in [0.1, 0.15) is 10.4 Å². The molecule has 0 saturated carbocycles. The van der Waals surface area contributed by atoms with Crippen molar-refractivity contribution >= 4 is 28.1 Å². The van der Waals surface area contributed by atoms with Crippen molar-refractivity contribution in [2.75, 3.05) is 12.4 Å². The van der Waals surface area contributed by atoms with Gasteiger partial charge < -0.3 is 10.1 Å². The lowest BCUT2D eigenvalue weighted by atomic mass is 10.2. The van der Waals surface area contributed by atoms with Gasteiger partial charge in [0, 0.05) is 16.6 Å². The molecule has 3 aromatic rings. The number of methoxy groups -OCH3 is 1. The SMILES string of the molecule is COC(=O)c1cccc(Nc2nc(-c3ccc(F)cc3)cs2)c1. The van der Waals surface area contributed by atoms with Gasteiger partial charge in [-0.05, 0) is 42.5 Å². The van der Waals surface area contributed by atoms with Gasteiger partial charge in [-0.1, -0.05) is 6.07 Å². The fraction of sp³-hybridized carbons (Fsp3) is 0.0588. The lowest BCUT2D eigenvalue weighted by Gasteiger charge is -2.04. The van der Waals surface area contributed by atoms with E-state index in [1.54, 1.807) is 30.3 Å². The molecule has 23 heavy (non-hydrogen) atoms. The van der Waals surface area contributed by atoms with E-state index in [1.807, 2.05) is 11.4 Å². The Bertz CT molecular complexity index is 831. The van der Waals surface area contributed by atoms with E-state index in [0.29, 0.717) is 10.7 Å². The van der Waals surface area contributed by atoms with Gasteiger partial charge in [-0.25, -0.2) is 14.2 Å². The van der Waals surface area contributed by atoms with Gasteiger partial charge in [0.1, 0.15) is 5.82 Å². The van der Waals surface area contributed by atoms with E-state index in [1.165, 1.54) is 30.6 Å². The second-order valence-electron chi connectivity index (χ2n) is 4.74. The van der Waals surface area contributed by atoms with Crippen LogP contribution in [0.4, 0.5) is 15.2 Å². The Morgan fingerprint density at radius 2 is 2.00 bits per heavy atom. The molecule has 0 atom stereocenters. The second-order valence-corrected chi connectivity index (χ2v) is 5.60. The van der Waals surface area contributed by atoms with Crippen molar-refractivity contribution in [1.82, 2.24) is 4.98 Å². The number of carbonyl (C=O) groups is 1.